The molecular formula is C24H25N3O5S. The number of hydrogen-bond donors (Lipinski definition) is 3. The normalized spacial score (nSPS) is 11.3. The Morgan fingerprint density at radius 2 is 1.73 bits per heavy atom. The second-order valence-electron chi connectivity index (χ2n) is 7.00. The largest absolute Gasteiger partial charge is 0.484 e. The minimum Gasteiger partial charge on any atom is -0.484 e. The molecule has 0 aliphatic carbocycles. The third-order valence-electron chi connectivity index (χ3n) is 4.51. The molecule has 0 fully saturated rings. The summed E-state index contributed by atoms with van der Waals surface area (Å²) in [5.74, 6) is 0.309. The van der Waals surface area contributed by atoms with Crippen LogP contribution in [0, 0.1) is 0 Å². The van der Waals surface area contributed by atoms with Crippen LogP contribution in [0.3, 0.4) is 0 Å². The number of nitrogens with one attached hydrogen (secondary N) is 3. The lowest BCUT2D eigenvalue weighted by molar-refractivity contribution is -0.127. The van der Waals surface area contributed by atoms with Crippen LogP contribution in [0.2, 0.25) is 0 Å². The fourth-order valence-electron chi connectivity index (χ4n) is 2.91. The number of carbonyl (C=O) groups is 3. The molecule has 33 heavy (non-hydrogen) atoms. The molecule has 0 saturated heterocycles. The van der Waals surface area contributed by atoms with Gasteiger partial charge in [-0.25, -0.2) is 0 Å². The van der Waals surface area contributed by atoms with Crippen molar-refractivity contribution in [1.29, 1.82) is 0 Å². The maximum atomic E-state index is 12.9. The summed E-state index contributed by atoms with van der Waals surface area (Å²) in [6, 6.07) is 18.2. The number of thioether (sulfide) groups is 1. The topological polar surface area (TPSA) is 110 Å². The van der Waals surface area contributed by atoms with E-state index in [9.17, 15) is 14.4 Å². The van der Waals surface area contributed by atoms with Gasteiger partial charge in [-0.15, -0.1) is 0 Å². The molecule has 172 valence electrons. The van der Waals surface area contributed by atoms with E-state index in [-0.39, 0.29) is 24.2 Å². The van der Waals surface area contributed by atoms with E-state index >= 15 is 0 Å². The molecule has 3 amide bonds. The highest BCUT2D eigenvalue weighted by atomic mass is 32.2. The molecule has 0 unspecified atom stereocenters. The second kappa shape index (κ2) is 12.4. The number of amides is 3. The lowest BCUT2D eigenvalue weighted by Gasteiger charge is -2.18. The van der Waals surface area contributed by atoms with E-state index in [0.29, 0.717) is 29.3 Å². The van der Waals surface area contributed by atoms with E-state index in [1.54, 1.807) is 60.3 Å². The number of benzene rings is 2. The first-order valence-electron chi connectivity index (χ1n) is 10.3. The third-order valence-corrected chi connectivity index (χ3v) is 5.15. The van der Waals surface area contributed by atoms with Crippen LogP contribution in [0.1, 0.15) is 17.0 Å². The minimum absolute atomic E-state index is 0.182. The number of anilines is 2. The molecule has 0 aliphatic rings. The van der Waals surface area contributed by atoms with E-state index in [2.05, 4.69) is 16.0 Å². The number of rotatable bonds is 11. The molecular weight excluding hydrogens is 442 g/mol. The Morgan fingerprint density at radius 3 is 2.42 bits per heavy atom. The Hall–Kier alpha value is -3.72. The quantitative estimate of drug-likeness (QED) is 0.396. The van der Waals surface area contributed by atoms with Crippen LogP contribution in [0.4, 0.5) is 11.4 Å². The molecule has 1 heterocycles. The van der Waals surface area contributed by atoms with Gasteiger partial charge in [-0.05, 0) is 60.9 Å². The molecule has 3 aromatic rings. The van der Waals surface area contributed by atoms with Crippen LogP contribution in [0.5, 0.6) is 5.75 Å². The van der Waals surface area contributed by atoms with Crippen LogP contribution in [-0.4, -0.2) is 42.4 Å². The first kappa shape index (κ1) is 23.9. The van der Waals surface area contributed by atoms with Gasteiger partial charge in [0, 0.05) is 11.4 Å². The Kier molecular flexibility index (Phi) is 8.96. The van der Waals surface area contributed by atoms with Crippen molar-refractivity contribution in [2.24, 2.45) is 0 Å². The lowest BCUT2D eigenvalue weighted by atomic mass is 10.2. The maximum absolute atomic E-state index is 12.9. The van der Waals surface area contributed by atoms with Gasteiger partial charge in [0.2, 0.25) is 5.91 Å². The summed E-state index contributed by atoms with van der Waals surface area (Å²) in [7, 11) is 0. The Labute approximate surface area is 196 Å². The standard InChI is InChI=1S/C24H25N3O5S/c1-33-14-12-20(27-22(28)16-32-19-9-3-2-4-10-19)23(29)25-17-7-5-8-18(15-17)26-24(30)21-11-6-13-31-21/h2-11,13,15,20H,12,14,16H2,1H3,(H,25,29)(H,26,30)(H,27,28)/t20-/m0/s1. The molecule has 0 saturated carbocycles. The van der Waals surface area contributed by atoms with Crippen LogP contribution < -0.4 is 20.7 Å². The van der Waals surface area contributed by atoms with Crippen LogP contribution in [0.25, 0.3) is 0 Å². The molecule has 1 atom stereocenters. The Balaban J connectivity index is 1.58. The molecule has 3 rings (SSSR count). The van der Waals surface area contributed by atoms with Crippen molar-refractivity contribution >= 4 is 40.9 Å². The molecule has 2 aromatic carbocycles. The first-order chi connectivity index (χ1) is 16.0. The number of hydrogen-bond acceptors (Lipinski definition) is 6. The highest BCUT2D eigenvalue weighted by molar-refractivity contribution is 7.98. The van der Waals surface area contributed by atoms with Crippen molar-refractivity contribution in [2.75, 3.05) is 29.2 Å². The van der Waals surface area contributed by atoms with Gasteiger partial charge < -0.3 is 25.1 Å². The predicted molar refractivity (Wildman–Crippen MR) is 129 cm³/mol. The molecule has 8 nitrogen and oxygen atoms in total. The average molecular weight is 468 g/mol. The molecule has 9 heteroatoms. The van der Waals surface area contributed by atoms with E-state index in [0.717, 1.165) is 0 Å². The van der Waals surface area contributed by atoms with Gasteiger partial charge in [0.05, 0.1) is 6.26 Å². The van der Waals surface area contributed by atoms with Crippen LogP contribution >= 0.6 is 11.8 Å². The smallest absolute Gasteiger partial charge is 0.291 e. The second-order valence-corrected chi connectivity index (χ2v) is 7.99. The van der Waals surface area contributed by atoms with Crippen molar-refractivity contribution in [1.82, 2.24) is 5.32 Å². The van der Waals surface area contributed by atoms with E-state index in [1.807, 2.05) is 24.5 Å². The third kappa shape index (κ3) is 7.73. The fraction of sp³-hybridized carbons (Fsp3) is 0.208. The van der Waals surface area contributed by atoms with Gasteiger partial charge in [-0.2, -0.15) is 11.8 Å². The van der Waals surface area contributed by atoms with Crippen molar-refractivity contribution in [2.45, 2.75) is 12.5 Å². The summed E-state index contributed by atoms with van der Waals surface area (Å²) in [6.07, 6.45) is 3.80. The zero-order chi connectivity index (χ0) is 23.5. The predicted octanol–water partition coefficient (Wildman–Crippen LogP) is 3.79. The van der Waals surface area contributed by atoms with E-state index < -0.39 is 11.9 Å². The summed E-state index contributed by atoms with van der Waals surface area (Å²) in [6.45, 7) is -0.193. The van der Waals surface area contributed by atoms with Gasteiger partial charge >= 0.3 is 0 Å². The van der Waals surface area contributed by atoms with Crippen LogP contribution in [0.15, 0.2) is 77.4 Å². The molecule has 0 spiro atoms. The van der Waals surface area contributed by atoms with Crippen molar-refractivity contribution in [3.8, 4) is 5.75 Å². The number of ether oxygens (including phenoxy) is 1. The van der Waals surface area contributed by atoms with E-state index in [4.69, 9.17) is 9.15 Å². The summed E-state index contributed by atoms with van der Waals surface area (Å²) in [4.78, 5) is 37.4. The van der Waals surface area contributed by atoms with Crippen molar-refractivity contribution in [3.63, 3.8) is 0 Å². The summed E-state index contributed by atoms with van der Waals surface area (Å²) in [5.41, 5.74) is 0.983. The van der Waals surface area contributed by atoms with Crippen molar-refractivity contribution < 1.29 is 23.5 Å². The van der Waals surface area contributed by atoms with Crippen molar-refractivity contribution in [3.05, 3.63) is 78.8 Å². The zero-order valence-electron chi connectivity index (χ0n) is 18.1. The zero-order valence-corrected chi connectivity index (χ0v) is 18.9. The van der Waals surface area contributed by atoms with E-state index in [1.165, 1.54) is 6.26 Å². The number of para-hydroxylation sites is 1. The highest BCUT2D eigenvalue weighted by Gasteiger charge is 2.21. The van der Waals surface area contributed by atoms with Gasteiger partial charge in [-0.1, -0.05) is 24.3 Å². The fourth-order valence-corrected chi connectivity index (χ4v) is 3.38. The summed E-state index contributed by atoms with van der Waals surface area (Å²) >= 11 is 1.58. The molecule has 0 bridgehead atoms. The average Bonchev–Trinajstić information content (AvgIpc) is 3.36. The number of carbonyl (C=O) groups excluding carboxylic acids is 3. The lowest BCUT2D eigenvalue weighted by Crippen LogP contribution is -2.45. The number of furan rings is 1. The molecule has 3 N–H and O–H groups in total. The minimum atomic E-state index is -0.731. The van der Waals surface area contributed by atoms with Crippen LogP contribution in [-0.2, 0) is 9.59 Å². The monoisotopic (exact) mass is 467 g/mol. The SMILES string of the molecule is CSCC[C@H](NC(=O)COc1ccccc1)C(=O)Nc1cccc(NC(=O)c2ccco2)c1. The Morgan fingerprint density at radius 1 is 0.970 bits per heavy atom. The highest BCUT2D eigenvalue weighted by Crippen LogP contribution is 2.17. The summed E-state index contributed by atoms with van der Waals surface area (Å²) < 4.78 is 10.5. The van der Waals surface area contributed by atoms with Gasteiger partial charge in [0.15, 0.2) is 12.4 Å². The van der Waals surface area contributed by atoms with Gasteiger partial charge in [0.25, 0.3) is 11.8 Å². The molecule has 0 aliphatic heterocycles. The molecule has 0 radical (unpaired) electrons. The Bertz CT molecular complexity index is 1060. The molecule has 1 aromatic heterocycles. The van der Waals surface area contributed by atoms with Gasteiger partial charge in [-0.3, -0.25) is 14.4 Å². The maximum Gasteiger partial charge on any atom is 0.291 e. The van der Waals surface area contributed by atoms with Gasteiger partial charge in [0.1, 0.15) is 11.8 Å². The first-order valence-corrected chi connectivity index (χ1v) is 11.7. The summed E-state index contributed by atoms with van der Waals surface area (Å²) in [5, 5.41) is 8.25.